The van der Waals surface area contributed by atoms with E-state index in [1.807, 2.05) is 18.2 Å². The molecule has 1 aliphatic heterocycles. The van der Waals surface area contributed by atoms with Gasteiger partial charge in [-0.3, -0.25) is 0 Å². The Bertz CT molecular complexity index is 615. The van der Waals surface area contributed by atoms with Crippen LogP contribution < -0.4 is 4.90 Å². The monoisotopic (exact) mass is 267 g/mol. The fraction of sp³-hybridized carbons (Fsp3) is 0.375. The van der Waals surface area contributed by atoms with Gasteiger partial charge in [-0.25, -0.2) is 4.98 Å². The van der Waals surface area contributed by atoms with Crippen molar-refractivity contribution in [2.75, 3.05) is 11.4 Å². The highest BCUT2D eigenvalue weighted by atomic mass is 16.3. The Balaban J connectivity index is 1.95. The second-order valence-corrected chi connectivity index (χ2v) is 5.37. The maximum absolute atomic E-state index is 9.04. The normalized spacial score (nSPS) is 22.5. The van der Waals surface area contributed by atoms with Crippen molar-refractivity contribution in [3.8, 4) is 6.07 Å². The second-order valence-electron chi connectivity index (χ2n) is 5.37. The summed E-state index contributed by atoms with van der Waals surface area (Å²) in [5, 5.41) is 9.04. The molecular weight excluding hydrogens is 250 g/mol. The highest BCUT2D eigenvalue weighted by molar-refractivity contribution is 5.47. The lowest BCUT2D eigenvalue weighted by atomic mass is 9.91. The van der Waals surface area contributed by atoms with E-state index in [0.29, 0.717) is 11.5 Å². The zero-order valence-electron chi connectivity index (χ0n) is 11.5. The van der Waals surface area contributed by atoms with Crippen molar-refractivity contribution >= 4 is 5.82 Å². The molecule has 2 atom stereocenters. The summed E-state index contributed by atoms with van der Waals surface area (Å²) in [4.78, 5) is 6.68. The molecule has 2 aromatic heterocycles. The molecule has 1 saturated heterocycles. The fourth-order valence-electron chi connectivity index (χ4n) is 2.81. The summed E-state index contributed by atoms with van der Waals surface area (Å²) in [6.07, 6.45) is 5.60. The van der Waals surface area contributed by atoms with Crippen molar-refractivity contribution in [1.29, 1.82) is 5.26 Å². The van der Waals surface area contributed by atoms with Crippen molar-refractivity contribution in [2.24, 2.45) is 5.92 Å². The average molecular weight is 267 g/mol. The number of hydrogen-bond donors (Lipinski definition) is 0. The first kappa shape index (κ1) is 12.7. The third-order valence-corrected chi connectivity index (χ3v) is 3.91. The van der Waals surface area contributed by atoms with E-state index in [1.165, 1.54) is 0 Å². The van der Waals surface area contributed by atoms with Crippen molar-refractivity contribution < 1.29 is 4.42 Å². The maximum Gasteiger partial charge on any atom is 0.130 e. The Labute approximate surface area is 118 Å². The number of nitriles is 1. The van der Waals surface area contributed by atoms with Gasteiger partial charge in [-0.2, -0.15) is 5.26 Å². The largest absolute Gasteiger partial charge is 0.467 e. The molecule has 0 N–H and O–H groups in total. The average Bonchev–Trinajstić information content (AvgIpc) is 3.01. The number of furan rings is 1. The molecule has 102 valence electrons. The zero-order chi connectivity index (χ0) is 13.9. The summed E-state index contributed by atoms with van der Waals surface area (Å²) in [6.45, 7) is 3.21. The second kappa shape index (κ2) is 5.38. The first-order valence-corrected chi connectivity index (χ1v) is 6.94. The predicted octanol–water partition coefficient (Wildman–Crippen LogP) is 3.52. The van der Waals surface area contributed by atoms with Gasteiger partial charge >= 0.3 is 0 Å². The van der Waals surface area contributed by atoms with Gasteiger partial charge < -0.3 is 9.32 Å². The van der Waals surface area contributed by atoms with Crippen LogP contribution in [0.3, 0.4) is 0 Å². The van der Waals surface area contributed by atoms with Crippen LogP contribution in [0.2, 0.25) is 0 Å². The first-order chi connectivity index (χ1) is 9.78. The van der Waals surface area contributed by atoms with E-state index in [9.17, 15) is 0 Å². The summed E-state index contributed by atoms with van der Waals surface area (Å²) < 4.78 is 5.60. The summed E-state index contributed by atoms with van der Waals surface area (Å²) >= 11 is 0. The van der Waals surface area contributed by atoms with Crippen LogP contribution in [0, 0.1) is 17.2 Å². The quantitative estimate of drug-likeness (QED) is 0.835. The molecule has 0 unspecified atom stereocenters. The lowest BCUT2D eigenvalue weighted by molar-refractivity contribution is 0.327. The SMILES string of the molecule is C[C@@H]1CCN(c2cc(C#N)ccn2)[C@H](c2ccco2)C1. The Hall–Kier alpha value is -2.28. The number of aromatic nitrogens is 1. The molecule has 2 aromatic rings. The number of rotatable bonds is 2. The van der Waals surface area contributed by atoms with Crippen molar-refractivity contribution in [1.82, 2.24) is 4.98 Å². The summed E-state index contributed by atoms with van der Waals surface area (Å²) in [7, 11) is 0. The van der Waals surface area contributed by atoms with Gasteiger partial charge in [-0.15, -0.1) is 0 Å². The minimum absolute atomic E-state index is 0.204. The lowest BCUT2D eigenvalue weighted by Crippen LogP contribution is -2.36. The molecule has 1 aliphatic rings. The van der Waals surface area contributed by atoms with Crippen molar-refractivity contribution in [3.05, 3.63) is 48.0 Å². The highest BCUT2D eigenvalue weighted by Gasteiger charge is 2.30. The molecular formula is C16H17N3O. The molecule has 0 spiro atoms. The number of piperidine rings is 1. The number of pyridine rings is 1. The minimum Gasteiger partial charge on any atom is -0.467 e. The fourth-order valence-corrected chi connectivity index (χ4v) is 2.81. The third-order valence-electron chi connectivity index (χ3n) is 3.91. The molecule has 0 radical (unpaired) electrons. The molecule has 0 aliphatic carbocycles. The van der Waals surface area contributed by atoms with Gasteiger partial charge in [0, 0.05) is 12.7 Å². The zero-order valence-corrected chi connectivity index (χ0v) is 11.5. The van der Waals surface area contributed by atoms with Gasteiger partial charge in [0.25, 0.3) is 0 Å². The van der Waals surface area contributed by atoms with E-state index in [-0.39, 0.29) is 6.04 Å². The predicted molar refractivity (Wildman–Crippen MR) is 76.1 cm³/mol. The Morgan fingerprint density at radius 2 is 2.35 bits per heavy atom. The molecule has 0 bridgehead atoms. The molecule has 3 rings (SSSR count). The van der Waals surface area contributed by atoms with Crippen molar-refractivity contribution in [3.63, 3.8) is 0 Å². The van der Waals surface area contributed by atoms with E-state index >= 15 is 0 Å². The van der Waals surface area contributed by atoms with E-state index in [2.05, 4.69) is 22.9 Å². The molecule has 4 nitrogen and oxygen atoms in total. The van der Waals surface area contributed by atoms with E-state index in [0.717, 1.165) is 31.0 Å². The number of nitrogens with zero attached hydrogens (tertiary/aromatic N) is 3. The van der Waals surface area contributed by atoms with Crippen LogP contribution in [0.15, 0.2) is 41.1 Å². The molecule has 0 amide bonds. The smallest absolute Gasteiger partial charge is 0.130 e. The van der Waals surface area contributed by atoms with Gasteiger partial charge in [0.15, 0.2) is 0 Å². The van der Waals surface area contributed by atoms with Crippen LogP contribution in [-0.2, 0) is 0 Å². The van der Waals surface area contributed by atoms with Gasteiger partial charge in [0.2, 0.25) is 0 Å². The molecule has 3 heterocycles. The molecule has 0 aromatic carbocycles. The van der Waals surface area contributed by atoms with Crippen LogP contribution in [0.4, 0.5) is 5.82 Å². The first-order valence-electron chi connectivity index (χ1n) is 6.94. The molecule has 20 heavy (non-hydrogen) atoms. The lowest BCUT2D eigenvalue weighted by Gasteiger charge is -2.38. The van der Waals surface area contributed by atoms with Gasteiger partial charge in [0.05, 0.1) is 23.9 Å². The highest BCUT2D eigenvalue weighted by Crippen LogP contribution is 2.36. The van der Waals surface area contributed by atoms with Gasteiger partial charge in [-0.1, -0.05) is 6.92 Å². The topological polar surface area (TPSA) is 53.1 Å². The third kappa shape index (κ3) is 2.39. The van der Waals surface area contributed by atoms with Crippen LogP contribution >= 0.6 is 0 Å². The minimum atomic E-state index is 0.204. The van der Waals surface area contributed by atoms with Crippen molar-refractivity contribution in [2.45, 2.75) is 25.8 Å². The Morgan fingerprint density at radius 3 is 3.10 bits per heavy atom. The maximum atomic E-state index is 9.04. The van der Waals surface area contributed by atoms with E-state index in [4.69, 9.17) is 9.68 Å². The molecule has 0 saturated carbocycles. The van der Waals surface area contributed by atoms with Crippen LogP contribution in [-0.4, -0.2) is 11.5 Å². The standard InChI is InChI=1S/C16H17N3O/c1-12-5-7-19(14(9-12)15-3-2-8-20-15)16-10-13(11-17)4-6-18-16/h2-4,6,8,10,12,14H,5,7,9H2,1H3/t12-,14+/m1/s1. The van der Waals surface area contributed by atoms with Gasteiger partial charge in [-0.05, 0) is 43.0 Å². The van der Waals surface area contributed by atoms with Crippen LogP contribution in [0.1, 0.15) is 37.1 Å². The number of anilines is 1. The summed E-state index contributed by atoms with van der Waals surface area (Å²) in [5.74, 6) is 2.50. The summed E-state index contributed by atoms with van der Waals surface area (Å²) in [6, 6.07) is 9.91. The van der Waals surface area contributed by atoms with E-state index in [1.54, 1.807) is 18.5 Å². The van der Waals surface area contributed by atoms with Crippen LogP contribution in [0.25, 0.3) is 0 Å². The number of hydrogen-bond acceptors (Lipinski definition) is 4. The Morgan fingerprint density at radius 1 is 1.45 bits per heavy atom. The summed E-state index contributed by atoms with van der Waals surface area (Å²) in [5.41, 5.74) is 0.645. The van der Waals surface area contributed by atoms with E-state index < -0.39 is 0 Å². The molecule has 4 heteroatoms. The molecule has 1 fully saturated rings. The van der Waals surface area contributed by atoms with Gasteiger partial charge in [0.1, 0.15) is 11.6 Å². The Kier molecular flexibility index (Phi) is 3.42. The van der Waals surface area contributed by atoms with Crippen LogP contribution in [0.5, 0.6) is 0 Å².